The molecule has 7 nitrogen and oxygen atoms in total. The Balaban J connectivity index is 1.49. The lowest BCUT2D eigenvalue weighted by Gasteiger charge is -2.35. The molecular weight excluding hydrogens is 410 g/mol. The van der Waals surface area contributed by atoms with Crippen molar-refractivity contribution < 1.29 is 0 Å². The molecule has 0 radical (unpaired) electrons. The average Bonchev–Trinajstić information content (AvgIpc) is 3.24. The highest BCUT2D eigenvalue weighted by Gasteiger charge is 2.24. The molecule has 2 aromatic carbocycles. The second-order valence-corrected chi connectivity index (χ2v) is 8.85. The predicted octanol–water partition coefficient (Wildman–Crippen LogP) is 4.09. The third-order valence-electron chi connectivity index (χ3n) is 6.43. The first-order valence-electron chi connectivity index (χ1n) is 11.9. The first-order valence-corrected chi connectivity index (χ1v) is 11.9. The van der Waals surface area contributed by atoms with Crippen LogP contribution in [0.25, 0.3) is 22.3 Å². The Morgan fingerprint density at radius 1 is 1.06 bits per heavy atom. The van der Waals surface area contributed by atoms with E-state index in [1.807, 2.05) is 19.1 Å². The lowest BCUT2D eigenvalue weighted by atomic mass is 10.1. The van der Waals surface area contributed by atoms with Crippen LogP contribution in [-0.4, -0.2) is 51.1 Å². The zero-order chi connectivity index (χ0) is 22.6. The van der Waals surface area contributed by atoms with Crippen LogP contribution in [0.3, 0.4) is 0 Å². The number of aromatic nitrogens is 5. The Bertz CT molecular complexity index is 1220. The molecule has 1 atom stereocenters. The summed E-state index contributed by atoms with van der Waals surface area (Å²) in [6.45, 7) is 7.09. The molecule has 4 aromatic rings. The number of aromatic amines is 1. The Morgan fingerprint density at radius 3 is 2.79 bits per heavy atom. The van der Waals surface area contributed by atoms with Gasteiger partial charge in [-0.3, -0.25) is 5.10 Å². The SMILES string of the molecule is CCC[C@H]1CN(c2nc(-c3ccc4[nH]nc(C)c4c3)nnc2CCc2ccccc2)CCN1. The van der Waals surface area contributed by atoms with Gasteiger partial charge in [0, 0.05) is 36.6 Å². The van der Waals surface area contributed by atoms with Crippen LogP contribution in [0.4, 0.5) is 5.82 Å². The van der Waals surface area contributed by atoms with Crippen molar-refractivity contribution in [1.29, 1.82) is 0 Å². The van der Waals surface area contributed by atoms with Gasteiger partial charge in [0.1, 0.15) is 5.69 Å². The quantitative estimate of drug-likeness (QED) is 0.450. The molecule has 7 heteroatoms. The molecule has 1 aliphatic rings. The maximum Gasteiger partial charge on any atom is 0.183 e. The van der Waals surface area contributed by atoms with Crippen molar-refractivity contribution in [3.63, 3.8) is 0 Å². The van der Waals surface area contributed by atoms with Crippen LogP contribution in [0.15, 0.2) is 48.5 Å². The fourth-order valence-electron chi connectivity index (χ4n) is 4.63. The zero-order valence-electron chi connectivity index (χ0n) is 19.4. The van der Waals surface area contributed by atoms with E-state index in [2.05, 4.69) is 68.8 Å². The van der Waals surface area contributed by atoms with E-state index in [1.165, 1.54) is 12.0 Å². The van der Waals surface area contributed by atoms with Gasteiger partial charge in [0.2, 0.25) is 0 Å². The van der Waals surface area contributed by atoms with E-state index >= 15 is 0 Å². The van der Waals surface area contributed by atoms with Gasteiger partial charge in [0.15, 0.2) is 11.6 Å². The van der Waals surface area contributed by atoms with Crippen LogP contribution in [0.2, 0.25) is 0 Å². The molecule has 0 saturated carbocycles. The van der Waals surface area contributed by atoms with E-state index in [0.29, 0.717) is 11.9 Å². The summed E-state index contributed by atoms with van der Waals surface area (Å²) in [5.41, 5.74) is 5.24. The summed E-state index contributed by atoms with van der Waals surface area (Å²) in [6, 6.07) is 17.2. The fourth-order valence-corrected chi connectivity index (χ4v) is 4.63. The molecule has 33 heavy (non-hydrogen) atoms. The largest absolute Gasteiger partial charge is 0.352 e. The summed E-state index contributed by atoms with van der Waals surface area (Å²) in [5, 5.41) is 21.4. The van der Waals surface area contributed by atoms with Gasteiger partial charge in [0.05, 0.1) is 11.2 Å². The molecule has 0 spiro atoms. The van der Waals surface area contributed by atoms with Crippen molar-refractivity contribution in [3.05, 3.63) is 65.5 Å². The first-order chi connectivity index (χ1) is 16.2. The maximum absolute atomic E-state index is 5.09. The summed E-state index contributed by atoms with van der Waals surface area (Å²) in [4.78, 5) is 7.49. The summed E-state index contributed by atoms with van der Waals surface area (Å²) < 4.78 is 0. The van der Waals surface area contributed by atoms with Gasteiger partial charge in [-0.15, -0.1) is 10.2 Å². The molecule has 2 N–H and O–H groups in total. The monoisotopic (exact) mass is 441 g/mol. The molecule has 170 valence electrons. The van der Waals surface area contributed by atoms with Gasteiger partial charge in [-0.1, -0.05) is 43.7 Å². The van der Waals surface area contributed by atoms with Crippen molar-refractivity contribution >= 4 is 16.7 Å². The summed E-state index contributed by atoms with van der Waals surface area (Å²) in [5.74, 6) is 1.64. The minimum atomic E-state index is 0.481. The van der Waals surface area contributed by atoms with E-state index in [-0.39, 0.29) is 0 Å². The number of nitrogens with zero attached hydrogens (tertiary/aromatic N) is 5. The topological polar surface area (TPSA) is 82.6 Å². The molecule has 5 rings (SSSR count). The number of hydrogen-bond donors (Lipinski definition) is 2. The standard InChI is InChI=1S/C26H31N7/c1-3-7-21-17-33(15-14-27-21)26-24(12-10-19-8-5-4-6-9-19)31-32-25(28-26)20-11-13-23-22(16-20)18(2)29-30-23/h4-6,8-9,11,13,16,21,27H,3,7,10,12,14-15,17H2,1-2H3,(H,29,30)/t21-/m0/s1. The van der Waals surface area contributed by atoms with Crippen molar-refractivity contribution in [2.75, 3.05) is 24.5 Å². The number of piperazine rings is 1. The van der Waals surface area contributed by atoms with Gasteiger partial charge in [-0.25, -0.2) is 4.98 Å². The molecule has 2 aromatic heterocycles. The number of hydrogen-bond acceptors (Lipinski definition) is 6. The maximum atomic E-state index is 5.09. The van der Waals surface area contributed by atoms with Crippen LogP contribution in [0, 0.1) is 6.92 Å². The summed E-state index contributed by atoms with van der Waals surface area (Å²) >= 11 is 0. The number of benzene rings is 2. The number of H-pyrrole nitrogens is 1. The normalized spacial score (nSPS) is 16.4. The third-order valence-corrected chi connectivity index (χ3v) is 6.43. The van der Waals surface area contributed by atoms with Crippen LogP contribution in [-0.2, 0) is 12.8 Å². The van der Waals surface area contributed by atoms with Gasteiger partial charge < -0.3 is 10.2 Å². The van der Waals surface area contributed by atoms with E-state index in [1.54, 1.807) is 0 Å². The smallest absolute Gasteiger partial charge is 0.183 e. The van der Waals surface area contributed by atoms with E-state index < -0.39 is 0 Å². The van der Waals surface area contributed by atoms with E-state index in [4.69, 9.17) is 10.1 Å². The van der Waals surface area contributed by atoms with Crippen molar-refractivity contribution in [2.45, 2.75) is 45.6 Å². The molecule has 1 fully saturated rings. The molecule has 3 heterocycles. The highest BCUT2D eigenvalue weighted by molar-refractivity contribution is 5.85. The Hall–Kier alpha value is -3.32. The summed E-state index contributed by atoms with van der Waals surface area (Å²) in [6.07, 6.45) is 4.08. The second-order valence-electron chi connectivity index (χ2n) is 8.85. The van der Waals surface area contributed by atoms with Crippen molar-refractivity contribution in [3.8, 4) is 11.4 Å². The molecule has 0 bridgehead atoms. The van der Waals surface area contributed by atoms with Gasteiger partial charge in [-0.2, -0.15) is 5.10 Å². The predicted molar refractivity (Wildman–Crippen MR) is 132 cm³/mol. The van der Waals surface area contributed by atoms with E-state index in [0.717, 1.165) is 72.6 Å². The summed E-state index contributed by atoms with van der Waals surface area (Å²) in [7, 11) is 0. The van der Waals surface area contributed by atoms with E-state index in [9.17, 15) is 0 Å². The highest BCUT2D eigenvalue weighted by Crippen LogP contribution is 2.26. The molecule has 1 aliphatic heterocycles. The Kier molecular flexibility index (Phi) is 6.30. The Labute approximate surface area is 194 Å². The lowest BCUT2D eigenvalue weighted by molar-refractivity contribution is 0.428. The molecular formula is C26H31N7. The molecule has 0 aliphatic carbocycles. The van der Waals surface area contributed by atoms with Gasteiger partial charge in [0.25, 0.3) is 0 Å². The zero-order valence-corrected chi connectivity index (χ0v) is 19.4. The van der Waals surface area contributed by atoms with Crippen LogP contribution < -0.4 is 10.2 Å². The average molecular weight is 442 g/mol. The first kappa shape index (κ1) is 21.5. The fraction of sp³-hybridized carbons (Fsp3) is 0.385. The van der Waals surface area contributed by atoms with Gasteiger partial charge in [-0.05, 0) is 49.9 Å². The van der Waals surface area contributed by atoms with Crippen LogP contribution in [0.5, 0.6) is 0 Å². The minimum Gasteiger partial charge on any atom is -0.352 e. The lowest BCUT2D eigenvalue weighted by Crippen LogP contribution is -2.51. The Morgan fingerprint density at radius 2 is 1.94 bits per heavy atom. The molecule has 0 unspecified atom stereocenters. The second kappa shape index (κ2) is 9.67. The van der Waals surface area contributed by atoms with Crippen LogP contribution in [0.1, 0.15) is 36.7 Å². The number of anilines is 1. The molecule has 1 saturated heterocycles. The highest BCUT2D eigenvalue weighted by atomic mass is 15.3. The molecule has 0 amide bonds. The van der Waals surface area contributed by atoms with Crippen molar-refractivity contribution in [1.82, 2.24) is 30.7 Å². The number of rotatable bonds is 7. The number of nitrogens with one attached hydrogen (secondary N) is 2. The third kappa shape index (κ3) is 4.73. The van der Waals surface area contributed by atoms with Gasteiger partial charge >= 0.3 is 0 Å². The minimum absolute atomic E-state index is 0.481. The number of aryl methyl sites for hydroxylation is 3. The number of fused-ring (bicyclic) bond motifs is 1. The van der Waals surface area contributed by atoms with Crippen LogP contribution >= 0.6 is 0 Å². The van der Waals surface area contributed by atoms with Crippen molar-refractivity contribution in [2.24, 2.45) is 0 Å².